The minimum Gasteiger partial charge on any atom is -0.384 e. The van der Waals surface area contributed by atoms with Crippen molar-refractivity contribution in [1.29, 1.82) is 10.5 Å². The first-order valence-electron chi connectivity index (χ1n) is 8.96. The number of thiazole rings is 1. The number of hydrogen-bond acceptors (Lipinski definition) is 5. The molecule has 0 saturated heterocycles. The molecule has 0 aliphatic carbocycles. The molecule has 2 N–H and O–H groups in total. The summed E-state index contributed by atoms with van der Waals surface area (Å²) in [6.45, 7) is 0. The fourth-order valence-electron chi connectivity index (χ4n) is 3.56. The van der Waals surface area contributed by atoms with Gasteiger partial charge in [-0.3, -0.25) is 9.36 Å². The Balaban J connectivity index is 2.17. The summed E-state index contributed by atoms with van der Waals surface area (Å²) >= 11 is 12.9. The highest BCUT2D eigenvalue weighted by atomic mass is 35.5. The van der Waals surface area contributed by atoms with Gasteiger partial charge in [0.25, 0.3) is 4.74 Å². The molecule has 1 aliphatic heterocycles. The van der Waals surface area contributed by atoms with Gasteiger partial charge in [-0.1, -0.05) is 46.7 Å². The van der Waals surface area contributed by atoms with Crippen LogP contribution in [0.5, 0.6) is 0 Å². The second-order valence-corrected chi connectivity index (χ2v) is 8.48. The lowest BCUT2D eigenvalue weighted by Crippen LogP contribution is -2.39. The third-order valence-electron chi connectivity index (χ3n) is 4.98. The third kappa shape index (κ3) is 3.30. The van der Waals surface area contributed by atoms with E-state index in [1.807, 2.05) is 12.1 Å². The molecule has 0 amide bonds. The Labute approximate surface area is 193 Å². The van der Waals surface area contributed by atoms with Crippen molar-refractivity contribution in [3.05, 3.63) is 94.3 Å². The Morgan fingerprint density at radius 3 is 2.25 bits per heavy atom. The van der Waals surface area contributed by atoms with Crippen molar-refractivity contribution in [2.75, 3.05) is 0 Å². The van der Waals surface area contributed by atoms with Crippen molar-refractivity contribution in [2.24, 2.45) is 5.73 Å². The third-order valence-corrected chi connectivity index (χ3v) is 6.63. The second kappa shape index (κ2) is 8.25. The van der Waals surface area contributed by atoms with Gasteiger partial charge in [-0.2, -0.15) is 10.5 Å². The summed E-state index contributed by atoms with van der Waals surface area (Å²) in [6, 6.07) is 11.9. The van der Waals surface area contributed by atoms with Gasteiger partial charge in [0.2, 0.25) is 0 Å². The summed E-state index contributed by atoms with van der Waals surface area (Å²) in [5, 5.41) is 19.7. The Kier molecular flexibility index (Phi) is 5.62. The quantitative estimate of drug-likeness (QED) is 0.599. The smallest absolute Gasteiger partial charge is 0.258 e. The van der Waals surface area contributed by atoms with E-state index in [0.29, 0.717) is 11.3 Å². The van der Waals surface area contributed by atoms with Gasteiger partial charge in [0.15, 0.2) is 0 Å². The predicted molar refractivity (Wildman–Crippen MR) is 119 cm³/mol. The zero-order valence-corrected chi connectivity index (χ0v) is 18.2. The van der Waals surface area contributed by atoms with E-state index in [-0.39, 0.29) is 48.2 Å². The van der Waals surface area contributed by atoms with Crippen molar-refractivity contribution in [3.8, 4) is 12.1 Å². The molecule has 3 aromatic rings. The molecule has 0 spiro atoms. The maximum absolute atomic E-state index is 14.7. The summed E-state index contributed by atoms with van der Waals surface area (Å²) in [4.78, 5) is 12.8. The molecule has 1 aliphatic rings. The van der Waals surface area contributed by atoms with Crippen molar-refractivity contribution in [3.63, 3.8) is 0 Å². The number of fused-ring (bicyclic) bond motifs is 1. The van der Waals surface area contributed by atoms with Crippen LogP contribution in [0.2, 0.25) is 10.0 Å². The maximum Gasteiger partial charge on any atom is 0.258 e. The van der Waals surface area contributed by atoms with Gasteiger partial charge in [0, 0.05) is 16.1 Å². The lowest BCUT2D eigenvalue weighted by Gasteiger charge is -2.24. The van der Waals surface area contributed by atoms with E-state index >= 15 is 0 Å². The number of halogens is 4. The van der Waals surface area contributed by atoms with Crippen molar-refractivity contribution in [2.45, 2.75) is 5.92 Å². The monoisotopic (exact) mass is 486 g/mol. The van der Waals surface area contributed by atoms with Gasteiger partial charge >= 0.3 is 0 Å². The van der Waals surface area contributed by atoms with E-state index in [2.05, 4.69) is 0 Å². The van der Waals surface area contributed by atoms with Crippen LogP contribution in [0.15, 0.2) is 46.8 Å². The molecule has 4 rings (SSSR count). The molecule has 0 saturated carbocycles. The summed E-state index contributed by atoms with van der Waals surface area (Å²) in [5.41, 5.74) is 5.85. The van der Waals surface area contributed by atoms with E-state index in [9.17, 15) is 24.1 Å². The second-order valence-electron chi connectivity index (χ2n) is 6.70. The molecule has 10 heteroatoms. The van der Waals surface area contributed by atoms with Gasteiger partial charge < -0.3 is 5.73 Å². The topological polar surface area (TPSA) is 95.6 Å². The van der Waals surface area contributed by atoms with Crippen molar-refractivity contribution < 1.29 is 8.78 Å². The van der Waals surface area contributed by atoms with E-state index in [4.69, 9.17) is 28.9 Å². The molecule has 2 heterocycles. The van der Waals surface area contributed by atoms with E-state index < -0.39 is 22.3 Å². The molecule has 32 heavy (non-hydrogen) atoms. The number of nitrogens with zero attached hydrogens (tertiary/aromatic N) is 3. The standard InChI is InChI=1S/C22H10Cl2F2N4OS/c23-13-3-1-5-15(25)10(13)7-17-22(31)32-21-12(9-28)18(11(8-27)20(29)30(17)21)19-14(24)4-2-6-16(19)26/h1-7,18H,29H2/t18-/m1/s1. The molecule has 0 fully saturated rings. The summed E-state index contributed by atoms with van der Waals surface area (Å²) in [5.74, 6) is -2.80. The predicted octanol–water partition coefficient (Wildman–Crippen LogP) is 3.45. The average molecular weight is 487 g/mol. The molecular weight excluding hydrogens is 477 g/mol. The van der Waals surface area contributed by atoms with Crippen molar-refractivity contribution in [1.82, 2.24) is 4.57 Å². The number of benzene rings is 2. The number of nitriles is 2. The summed E-state index contributed by atoms with van der Waals surface area (Å²) in [7, 11) is 0. The van der Waals surface area contributed by atoms with Gasteiger partial charge in [-0.25, -0.2) is 8.78 Å². The highest BCUT2D eigenvalue weighted by Crippen LogP contribution is 2.40. The molecule has 2 aromatic carbocycles. The SMILES string of the molecule is N#CC1=C(N)n2c(sc(=O)c2=Cc2c(F)cccc2Cl)=C(C#N)[C@@H]1c1c(F)cccc1Cl. The first-order valence-corrected chi connectivity index (χ1v) is 10.5. The zero-order chi connectivity index (χ0) is 23.2. The van der Waals surface area contributed by atoms with Crippen LogP contribution < -0.4 is 20.5 Å². The highest BCUT2D eigenvalue weighted by molar-refractivity contribution is 7.07. The number of aromatic nitrogens is 1. The first-order chi connectivity index (χ1) is 15.3. The number of rotatable bonds is 2. The molecule has 5 nitrogen and oxygen atoms in total. The lowest BCUT2D eigenvalue weighted by molar-refractivity contribution is 0.609. The zero-order valence-electron chi connectivity index (χ0n) is 15.9. The van der Waals surface area contributed by atoms with Crippen LogP contribution in [0.4, 0.5) is 8.78 Å². The number of nitrogens with two attached hydrogens (primary N) is 1. The minimum absolute atomic E-state index is 0.000535. The Morgan fingerprint density at radius 2 is 1.66 bits per heavy atom. The molecular formula is C22H10Cl2F2N4OS. The first kappa shape index (κ1) is 21.8. The summed E-state index contributed by atoms with van der Waals surface area (Å²) < 4.78 is 29.8. The van der Waals surface area contributed by atoms with Crippen LogP contribution in [0, 0.1) is 34.3 Å². The van der Waals surface area contributed by atoms with Crippen LogP contribution in [0.25, 0.3) is 17.5 Å². The fourth-order valence-corrected chi connectivity index (χ4v) is 5.04. The van der Waals surface area contributed by atoms with Gasteiger partial charge in [0.1, 0.15) is 27.5 Å². The molecule has 158 valence electrons. The largest absolute Gasteiger partial charge is 0.384 e. The number of allylic oxidation sites excluding steroid dienone is 1. The van der Waals surface area contributed by atoms with Crippen molar-refractivity contribution >= 4 is 52.0 Å². The van der Waals surface area contributed by atoms with Crippen LogP contribution in [-0.2, 0) is 0 Å². The molecule has 0 unspecified atom stereocenters. The molecule has 0 bridgehead atoms. The van der Waals surface area contributed by atoms with Gasteiger partial charge in [-0.15, -0.1) is 0 Å². The normalized spacial score (nSPS) is 16.0. The van der Waals surface area contributed by atoms with E-state index in [1.165, 1.54) is 41.0 Å². The van der Waals surface area contributed by atoms with Crippen LogP contribution in [0.3, 0.4) is 0 Å². The molecule has 1 aromatic heterocycles. The Hall–Kier alpha value is -3.43. The van der Waals surface area contributed by atoms with Crippen LogP contribution in [-0.4, -0.2) is 4.57 Å². The van der Waals surface area contributed by atoms with Gasteiger partial charge in [-0.05, 0) is 30.3 Å². The summed E-state index contributed by atoms with van der Waals surface area (Å²) in [6.07, 6.45) is 1.20. The Bertz CT molecular complexity index is 1550. The van der Waals surface area contributed by atoms with Crippen LogP contribution >= 0.6 is 34.5 Å². The maximum atomic E-state index is 14.7. The lowest BCUT2D eigenvalue weighted by atomic mass is 9.84. The van der Waals surface area contributed by atoms with Crippen LogP contribution in [0.1, 0.15) is 17.0 Å². The minimum atomic E-state index is -1.21. The average Bonchev–Trinajstić information content (AvgIpc) is 3.07. The van der Waals surface area contributed by atoms with E-state index in [1.54, 1.807) is 0 Å². The molecule has 0 radical (unpaired) electrons. The molecule has 1 atom stereocenters. The van der Waals surface area contributed by atoms with E-state index in [0.717, 1.165) is 6.07 Å². The fraction of sp³-hybridized carbons (Fsp3) is 0.0455. The highest BCUT2D eigenvalue weighted by Gasteiger charge is 2.35. The number of hydrogen-bond donors (Lipinski definition) is 1. The Morgan fingerprint density at radius 1 is 1.03 bits per heavy atom. The van der Waals surface area contributed by atoms with Gasteiger partial charge in [0.05, 0.1) is 34.2 Å².